The van der Waals surface area contributed by atoms with E-state index in [0.717, 1.165) is 32.1 Å². The van der Waals surface area contributed by atoms with Crippen molar-refractivity contribution >= 4 is 17.9 Å². The van der Waals surface area contributed by atoms with Gasteiger partial charge in [-0.15, -0.1) is 0 Å². The molecule has 0 spiro atoms. The van der Waals surface area contributed by atoms with Gasteiger partial charge in [0.2, 0.25) is 0 Å². The zero-order chi connectivity index (χ0) is 24.8. The molecule has 0 amide bonds. The Balaban J connectivity index is 1.58. The quantitative estimate of drug-likeness (QED) is 0.501. The number of rotatable bonds is 6. The fourth-order valence-corrected chi connectivity index (χ4v) is 9.44. The molecule has 0 saturated heterocycles. The van der Waals surface area contributed by atoms with Crippen LogP contribution in [0.15, 0.2) is 0 Å². The zero-order valence-corrected chi connectivity index (χ0v) is 21.7. The Bertz CT molecular complexity index is 809. The maximum absolute atomic E-state index is 12.1. The fourth-order valence-electron chi connectivity index (χ4n) is 9.44. The van der Waals surface area contributed by atoms with Crippen molar-refractivity contribution in [2.24, 2.45) is 46.3 Å². The molecule has 10 atom stereocenters. The Labute approximate surface area is 204 Å². The molecule has 4 saturated carbocycles. The Kier molecular flexibility index (Phi) is 7.10. The van der Waals surface area contributed by atoms with Crippen LogP contribution in [-0.2, 0) is 23.9 Å². The molecular formula is C28H44O6. The molecule has 0 radical (unpaired) electrons. The molecule has 4 rings (SSSR count). The van der Waals surface area contributed by atoms with E-state index in [1.165, 1.54) is 39.5 Å². The lowest BCUT2D eigenvalue weighted by molar-refractivity contribution is -0.197. The van der Waals surface area contributed by atoms with Gasteiger partial charge in [-0.25, -0.2) is 0 Å². The third kappa shape index (κ3) is 4.51. The van der Waals surface area contributed by atoms with E-state index in [1.807, 2.05) is 0 Å². The number of carbonyl (C=O) groups is 3. The fraction of sp³-hybridized carbons (Fsp3) is 0.893. The number of hydrogen-bond acceptors (Lipinski definition) is 5. The summed E-state index contributed by atoms with van der Waals surface area (Å²) in [4.78, 5) is 34.9. The number of esters is 2. The molecule has 6 heteroatoms. The Hall–Kier alpha value is -1.59. The van der Waals surface area contributed by atoms with Gasteiger partial charge in [-0.1, -0.05) is 20.8 Å². The molecule has 0 aromatic heterocycles. The predicted molar refractivity (Wildman–Crippen MR) is 128 cm³/mol. The summed E-state index contributed by atoms with van der Waals surface area (Å²) in [5.74, 6) is 1.81. The smallest absolute Gasteiger partial charge is 0.303 e. The maximum Gasteiger partial charge on any atom is 0.303 e. The number of ether oxygens (including phenoxy) is 2. The molecule has 0 aromatic carbocycles. The second-order valence-corrected chi connectivity index (χ2v) is 12.5. The van der Waals surface area contributed by atoms with Crippen LogP contribution in [0, 0.1) is 46.3 Å². The number of carboxylic acid groups (broad SMARTS) is 1. The number of carboxylic acids is 1. The van der Waals surface area contributed by atoms with Gasteiger partial charge in [-0.2, -0.15) is 0 Å². The van der Waals surface area contributed by atoms with Crippen LogP contribution in [0.1, 0.15) is 98.8 Å². The van der Waals surface area contributed by atoms with E-state index in [-0.39, 0.29) is 47.3 Å². The normalized spacial score (nSPS) is 44.2. The molecule has 0 unspecified atom stereocenters. The van der Waals surface area contributed by atoms with E-state index in [9.17, 15) is 19.5 Å². The van der Waals surface area contributed by atoms with Crippen LogP contribution < -0.4 is 0 Å². The third-order valence-corrected chi connectivity index (χ3v) is 10.8. The van der Waals surface area contributed by atoms with E-state index < -0.39 is 5.97 Å². The van der Waals surface area contributed by atoms with Gasteiger partial charge in [-0.05, 0) is 98.2 Å². The molecule has 4 fully saturated rings. The average Bonchev–Trinajstić information content (AvgIpc) is 3.09. The summed E-state index contributed by atoms with van der Waals surface area (Å²) in [7, 11) is 0. The van der Waals surface area contributed by atoms with Crippen molar-refractivity contribution in [2.45, 2.75) is 111 Å². The number of fused-ring (bicyclic) bond motifs is 5. The molecule has 192 valence electrons. The molecular weight excluding hydrogens is 432 g/mol. The highest BCUT2D eigenvalue weighted by molar-refractivity contribution is 5.67. The monoisotopic (exact) mass is 476 g/mol. The predicted octanol–water partition coefficient (Wildman–Crippen LogP) is 5.62. The molecule has 4 aliphatic rings. The number of carbonyl (C=O) groups excluding carboxylic acids is 2. The highest BCUT2D eigenvalue weighted by Gasteiger charge is 2.63. The summed E-state index contributed by atoms with van der Waals surface area (Å²) < 4.78 is 11.6. The van der Waals surface area contributed by atoms with Gasteiger partial charge in [0.1, 0.15) is 12.2 Å². The molecule has 6 nitrogen and oxygen atoms in total. The van der Waals surface area contributed by atoms with Gasteiger partial charge < -0.3 is 14.6 Å². The lowest BCUT2D eigenvalue weighted by Gasteiger charge is -2.62. The maximum atomic E-state index is 12.1. The Morgan fingerprint density at radius 1 is 0.882 bits per heavy atom. The summed E-state index contributed by atoms with van der Waals surface area (Å²) in [5.41, 5.74) is 0.325. The second kappa shape index (κ2) is 9.46. The summed E-state index contributed by atoms with van der Waals surface area (Å²) in [6, 6.07) is 0. The average molecular weight is 477 g/mol. The number of aliphatic carboxylic acids is 1. The standard InChI is InChI=1S/C28H44O6/c1-16(6-9-26(31)32)21-7-8-22-20-15-25(34-18(3)30)24-14-19(33-17(2)29)10-12-28(24,5)23(20)11-13-27(21,22)4/h16,19-25H,6-15H2,1-5H3,(H,31,32)/t16-,19-,20+,21-,22+,23+,24+,25+,27-,28-/m1/s1. The lowest BCUT2D eigenvalue weighted by Crippen LogP contribution is -2.59. The number of hydrogen-bond donors (Lipinski definition) is 1. The van der Waals surface area contributed by atoms with Crippen LogP contribution in [0.5, 0.6) is 0 Å². The van der Waals surface area contributed by atoms with Crippen LogP contribution in [0.3, 0.4) is 0 Å². The first-order valence-electron chi connectivity index (χ1n) is 13.5. The first-order valence-corrected chi connectivity index (χ1v) is 13.5. The van der Waals surface area contributed by atoms with Crippen molar-refractivity contribution in [1.29, 1.82) is 0 Å². The molecule has 4 aliphatic carbocycles. The molecule has 0 aliphatic heterocycles. The molecule has 0 aromatic rings. The van der Waals surface area contributed by atoms with E-state index in [1.54, 1.807) is 0 Å². The third-order valence-electron chi connectivity index (χ3n) is 10.8. The van der Waals surface area contributed by atoms with Crippen LogP contribution in [-0.4, -0.2) is 35.2 Å². The van der Waals surface area contributed by atoms with Crippen molar-refractivity contribution in [1.82, 2.24) is 0 Å². The van der Waals surface area contributed by atoms with E-state index >= 15 is 0 Å². The van der Waals surface area contributed by atoms with Gasteiger partial charge in [0, 0.05) is 26.2 Å². The van der Waals surface area contributed by atoms with Crippen molar-refractivity contribution < 1.29 is 29.0 Å². The first-order chi connectivity index (χ1) is 16.0. The van der Waals surface area contributed by atoms with Gasteiger partial charge in [0.15, 0.2) is 0 Å². The van der Waals surface area contributed by atoms with E-state index in [4.69, 9.17) is 9.47 Å². The van der Waals surface area contributed by atoms with Gasteiger partial charge >= 0.3 is 17.9 Å². The minimum Gasteiger partial charge on any atom is -0.481 e. The summed E-state index contributed by atoms with van der Waals surface area (Å²) >= 11 is 0. The molecule has 1 N–H and O–H groups in total. The van der Waals surface area contributed by atoms with Crippen molar-refractivity contribution in [3.8, 4) is 0 Å². The SMILES string of the molecule is CC(=O)O[C@@H]1CC[C@]2(C)[C@H]3CC[C@]4(C)[C@@H]([C@H](C)CCC(=O)O)CC[C@H]4[C@@H]3C[C@H](OC(C)=O)[C@@H]2C1. The van der Waals surface area contributed by atoms with Crippen LogP contribution in [0.4, 0.5) is 0 Å². The zero-order valence-electron chi connectivity index (χ0n) is 21.7. The van der Waals surface area contributed by atoms with Crippen molar-refractivity contribution in [3.05, 3.63) is 0 Å². The minimum atomic E-state index is -0.699. The summed E-state index contributed by atoms with van der Waals surface area (Å²) in [6.07, 6.45) is 9.18. The lowest BCUT2D eigenvalue weighted by atomic mass is 9.43. The highest BCUT2D eigenvalue weighted by Crippen LogP contribution is 2.68. The first kappa shape index (κ1) is 25.5. The van der Waals surface area contributed by atoms with Crippen molar-refractivity contribution in [3.63, 3.8) is 0 Å². The van der Waals surface area contributed by atoms with Gasteiger partial charge in [0.05, 0.1) is 0 Å². The van der Waals surface area contributed by atoms with E-state index in [2.05, 4.69) is 20.8 Å². The summed E-state index contributed by atoms with van der Waals surface area (Å²) in [5, 5.41) is 9.19. The Morgan fingerprint density at radius 2 is 1.53 bits per heavy atom. The minimum absolute atomic E-state index is 0.0787. The van der Waals surface area contributed by atoms with Gasteiger partial charge in [0.25, 0.3) is 0 Å². The van der Waals surface area contributed by atoms with Gasteiger partial charge in [-0.3, -0.25) is 14.4 Å². The van der Waals surface area contributed by atoms with E-state index in [0.29, 0.717) is 29.6 Å². The topological polar surface area (TPSA) is 89.9 Å². The highest BCUT2D eigenvalue weighted by atomic mass is 16.5. The molecule has 0 bridgehead atoms. The molecule has 34 heavy (non-hydrogen) atoms. The molecule has 0 heterocycles. The largest absolute Gasteiger partial charge is 0.481 e. The van der Waals surface area contributed by atoms with Crippen molar-refractivity contribution in [2.75, 3.05) is 0 Å². The second-order valence-electron chi connectivity index (χ2n) is 12.5. The van der Waals surface area contributed by atoms with Crippen LogP contribution in [0.25, 0.3) is 0 Å². The van der Waals surface area contributed by atoms with Crippen LogP contribution >= 0.6 is 0 Å². The van der Waals surface area contributed by atoms with Crippen LogP contribution in [0.2, 0.25) is 0 Å². The summed E-state index contributed by atoms with van der Waals surface area (Å²) in [6.45, 7) is 10.1. The Morgan fingerprint density at radius 3 is 2.18 bits per heavy atom.